The number of methoxy groups -OCH3 is 1. The van der Waals surface area contributed by atoms with Crippen molar-refractivity contribution in [1.29, 1.82) is 0 Å². The molecular formula is C15H11BrClNO2. The van der Waals surface area contributed by atoms with Crippen LogP contribution in [0.2, 0.25) is 5.02 Å². The molecule has 0 aliphatic heterocycles. The molecule has 0 aromatic heterocycles. The van der Waals surface area contributed by atoms with Crippen LogP contribution in [0.25, 0.3) is 0 Å². The molecule has 0 N–H and O–H groups in total. The molecule has 0 saturated carbocycles. The Bertz CT molecular complexity index is 671. The first-order valence-electron chi connectivity index (χ1n) is 5.77. The monoisotopic (exact) mass is 351 g/mol. The van der Waals surface area contributed by atoms with Gasteiger partial charge in [-0.3, -0.25) is 4.99 Å². The average Bonchev–Trinajstić information content (AvgIpc) is 2.45. The van der Waals surface area contributed by atoms with Gasteiger partial charge in [-0.1, -0.05) is 39.7 Å². The largest absolute Gasteiger partial charge is 0.465 e. The van der Waals surface area contributed by atoms with Gasteiger partial charge >= 0.3 is 5.97 Å². The predicted molar refractivity (Wildman–Crippen MR) is 84.2 cm³/mol. The molecule has 20 heavy (non-hydrogen) atoms. The van der Waals surface area contributed by atoms with E-state index in [1.807, 2.05) is 24.3 Å². The molecule has 3 nitrogen and oxygen atoms in total. The summed E-state index contributed by atoms with van der Waals surface area (Å²) in [6.07, 6.45) is 1.72. The molecule has 0 radical (unpaired) electrons. The number of benzene rings is 2. The van der Waals surface area contributed by atoms with Gasteiger partial charge in [0.25, 0.3) is 0 Å². The SMILES string of the molecule is COC(=O)c1cc(N=Cc2cccc(Br)c2)ccc1Cl. The second-order valence-corrected chi connectivity index (χ2v) is 5.29. The van der Waals surface area contributed by atoms with Crippen molar-refractivity contribution in [3.8, 4) is 0 Å². The summed E-state index contributed by atoms with van der Waals surface area (Å²) in [5.74, 6) is -0.477. The Hall–Kier alpha value is -1.65. The maximum Gasteiger partial charge on any atom is 0.339 e. The lowest BCUT2D eigenvalue weighted by atomic mass is 10.2. The molecule has 5 heteroatoms. The lowest BCUT2D eigenvalue weighted by Gasteiger charge is -2.03. The minimum absolute atomic E-state index is 0.304. The number of halogens is 2. The highest BCUT2D eigenvalue weighted by molar-refractivity contribution is 9.10. The van der Waals surface area contributed by atoms with Gasteiger partial charge in [-0.05, 0) is 35.9 Å². The fourth-order valence-corrected chi connectivity index (χ4v) is 2.21. The maximum atomic E-state index is 11.5. The lowest BCUT2D eigenvalue weighted by Crippen LogP contribution is -2.01. The normalized spacial score (nSPS) is 10.8. The average molecular weight is 353 g/mol. The Labute approximate surface area is 130 Å². The number of esters is 1. The molecule has 0 fully saturated rings. The van der Waals surface area contributed by atoms with E-state index in [2.05, 4.69) is 25.7 Å². The quantitative estimate of drug-likeness (QED) is 0.596. The smallest absolute Gasteiger partial charge is 0.339 e. The van der Waals surface area contributed by atoms with Crippen molar-refractivity contribution in [2.45, 2.75) is 0 Å². The second-order valence-electron chi connectivity index (χ2n) is 3.97. The van der Waals surface area contributed by atoms with Crippen LogP contribution in [0.3, 0.4) is 0 Å². The van der Waals surface area contributed by atoms with Crippen molar-refractivity contribution in [1.82, 2.24) is 0 Å². The molecule has 0 aliphatic carbocycles. The van der Waals surface area contributed by atoms with E-state index in [4.69, 9.17) is 11.6 Å². The molecule has 0 heterocycles. The molecule has 0 bridgehead atoms. The van der Waals surface area contributed by atoms with Crippen LogP contribution < -0.4 is 0 Å². The Morgan fingerprint density at radius 2 is 2.10 bits per heavy atom. The van der Waals surface area contributed by atoms with Crippen molar-refractivity contribution < 1.29 is 9.53 Å². The maximum absolute atomic E-state index is 11.5. The number of rotatable bonds is 3. The van der Waals surface area contributed by atoms with Gasteiger partial charge in [0, 0.05) is 10.7 Å². The molecule has 0 atom stereocenters. The summed E-state index contributed by atoms with van der Waals surface area (Å²) in [5, 5.41) is 0.346. The van der Waals surface area contributed by atoms with Crippen molar-refractivity contribution in [2.75, 3.05) is 7.11 Å². The van der Waals surface area contributed by atoms with Crippen LogP contribution in [0.1, 0.15) is 15.9 Å². The Morgan fingerprint density at radius 3 is 2.80 bits per heavy atom. The summed E-state index contributed by atoms with van der Waals surface area (Å²) in [6, 6.07) is 12.7. The molecule has 2 rings (SSSR count). The minimum Gasteiger partial charge on any atom is -0.465 e. The van der Waals surface area contributed by atoms with Gasteiger partial charge in [0.2, 0.25) is 0 Å². The van der Waals surface area contributed by atoms with E-state index in [1.165, 1.54) is 7.11 Å². The molecule has 102 valence electrons. The third kappa shape index (κ3) is 3.68. The molecule has 0 saturated heterocycles. The van der Waals surface area contributed by atoms with E-state index in [-0.39, 0.29) is 0 Å². The molecule has 0 amide bonds. The van der Waals surface area contributed by atoms with Crippen molar-refractivity contribution in [3.63, 3.8) is 0 Å². The zero-order valence-corrected chi connectivity index (χ0v) is 13.0. The number of carbonyl (C=O) groups excluding carboxylic acids is 1. The van der Waals surface area contributed by atoms with Crippen LogP contribution in [0.15, 0.2) is 51.9 Å². The van der Waals surface area contributed by atoms with E-state index in [0.717, 1.165) is 10.0 Å². The first kappa shape index (κ1) is 14.8. The predicted octanol–water partition coefficient (Wildman–Crippen LogP) is 4.64. The van der Waals surface area contributed by atoms with E-state index in [0.29, 0.717) is 16.3 Å². The Balaban J connectivity index is 2.28. The Kier molecular flexibility index (Phi) is 4.93. The highest BCUT2D eigenvalue weighted by Crippen LogP contribution is 2.23. The van der Waals surface area contributed by atoms with E-state index in [1.54, 1.807) is 24.4 Å². The van der Waals surface area contributed by atoms with E-state index < -0.39 is 5.97 Å². The number of hydrogen-bond donors (Lipinski definition) is 0. The summed E-state index contributed by atoms with van der Waals surface area (Å²) in [4.78, 5) is 15.9. The Morgan fingerprint density at radius 1 is 1.30 bits per heavy atom. The van der Waals surface area contributed by atoms with Crippen molar-refractivity contribution in [3.05, 3.63) is 63.1 Å². The van der Waals surface area contributed by atoms with Crippen LogP contribution >= 0.6 is 27.5 Å². The highest BCUT2D eigenvalue weighted by atomic mass is 79.9. The fourth-order valence-electron chi connectivity index (χ4n) is 1.60. The van der Waals surface area contributed by atoms with Gasteiger partial charge < -0.3 is 4.74 Å². The number of carbonyl (C=O) groups is 1. The minimum atomic E-state index is -0.477. The molecule has 2 aromatic carbocycles. The van der Waals surface area contributed by atoms with Crippen LogP contribution in [0.5, 0.6) is 0 Å². The van der Waals surface area contributed by atoms with Crippen LogP contribution in [-0.4, -0.2) is 19.3 Å². The van der Waals surface area contributed by atoms with Crippen LogP contribution in [0, 0.1) is 0 Å². The molecule has 0 spiro atoms. The van der Waals surface area contributed by atoms with Crippen molar-refractivity contribution in [2.24, 2.45) is 4.99 Å². The standard InChI is InChI=1S/C15H11BrClNO2/c1-20-15(19)13-8-12(5-6-14(13)17)18-9-10-3-2-4-11(16)7-10/h2-9H,1H3. The number of nitrogens with zero attached hydrogens (tertiary/aromatic N) is 1. The zero-order chi connectivity index (χ0) is 14.5. The van der Waals surface area contributed by atoms with Gasteiger partial charge in [-0.15, -0.1) is 0 Å². The zero-order valence-electron chi connectivity index (χ0n) is 10.6. The molecule has 0 unspecified atom stereocenters. The van der Waals surface area contributed by atoms with Gasteiger partial charge in [0.15, 0.2) is 0 Å². The topological polar surface area (TPSA) is 38.7 Å². The summed E-state index contributed by atoms with van der Waals surface area (Å²) in [5.41, 5.74) is 1.89. The number of aliphatic imine (C=N–C) groups is 1. The second kappa shape index (κ2) is 6.68. The van der Waals surface area contributed by atoms with E-state index >= 15 is 0 Å². The highest BCUT2D eigenvalue weighted by Gasteiger charge is 2.10. The van der Waals surface area contributed by atoms with Gasteiger partial charge in [-0.25, -0.2) is 4.79 Å². The van der Waals surface area contributed by atoms with Crippen molar-refractivity contribution >= 4 is 45.4 Å². The third-order valence-corrected chi connectivity index (χ3v) is 3.39. The van der Waals surface area contributed by atoms with Gasteiger partial charge in [-0.2, -0.15) is 0 Å². The first-order valence-corrected chi connectivity index (χ1v) is 6.95. The molecule has 2 aromatic rings. The van der Waals surface area contributed by atoms with Crippen LogP contribution in [-0.2, 0) is 4.74 Å². The van der Waals surface area contributed by atoms with Gasteiger partial charge in [0.05, 0.1) is 23.4 Å². The number of ether oxygens (including phenoxy) is 1. The summed E-state index contributed by atoms with van der Waals surface area (Å²) in [6.45, 7) is 0. The summed E-state index contributed by atoms with van der Waals surface area (Å²) < 4.78 is 5.65. The first-order chi connectivity index (χ1) is 9.60. The molecular weight excluding hydrogens is 342 g/mol. The van der Waals surface area contributed by atoms with Crippen LogP contribution in [0.4, 0.5) is 5.69 Å². The fraction of sp³-hybridized carbons (Fsp3) is 0.0667. The lowest BCUT2D eigenvalue weighted by molar-refractivity contribution is 0.0601. The third-order valence-electron chi connectivity index (χ3n) is 2.57. The summed E-state index contributed by atoms with van der Waals surface area (Å²) >= 11 is 9.35. The molecule has 0 aliphatic rings. The number of hydrogen-bond acceptors (Lipinski definition) is 3. The van der Waals surface area contributed by atoms with Gasteiger partial charge in [0.1, 0.15) is 0 Å². The summed E-state index contributed by atoms with van der Waals surface area (Å²) in [7, 11) is 1.32. The van der Waals surface area contributed by atoms with E-state index in [9.17, 15) is 4.79 Å².